The first-order valence-electron chi connectivity index (χ1n) is 5.82. The molecule has 0 aliphatic carbocycles. The van der Waals surface area contributed by atoms with E-state index in [0.29, 0.717) is 18.8 Å². The first-order chi connectivity index (χ1) is 7.16. The molecule has 0 aromatic rings. The lowest BCUT2D eigenvalue weighted by Gasteiger charge is -2.42. The number of hydrogen-bond donors (Lipinski definition) is 4. The lowest BCUT2D eigenvalue weighted by Crippen LogP contribution is -2.63. The van der Waals surface area contributed by atoms with Gasteiger partial charge < -0.3 is 22.1 Å². The molecule has 6 N–H and O–H groups in total. The van der Waals surface area contributed by atoms with Crippen molar-refractivity contribution in [2.75, 3.05) is 32.7 Å². The Morgan fingerprint density at radius 3 is 2.87 bits per heavy atom. The minimum absolute atomic E-state index is 0.194. The Morgan fingerprint density at radius 2 is 2.27 bits per heavy atom. The molecule has 0 spiro atoms. The highest BCUT2D eigenvalue weighted by atomic mass is 15.3. The van der Waals surface area contributed by atoms with E-state index in [2.05, 4.69) is 29.4 Å². The van der Waals surface area contributed by atoms with Crippen LogP contribution in [0.2, 0.25) is 0 Å². The molecule has 0 aromatic carbocycles. The fraction of sp³-hybridized carbons (Fsp3) is 1.00. The molecule has 0 saturated carbocycles. The van der Waals surface area contributed by atoms with Gasteiger partial charge in [-0.3, -0.25) is 4.90 Å². The maximum Gasteiger partial charge on any atom is 0.0572 e. The van der Waals surface area contributed by atoms with E-state index in [1.165, 1.54) is 0 Å². The van der Waals surface area contributed by atoms with Crippen LogP contribution in [0.3, 0.4) is 0 Å². The predicted molar refractivity (Wildman–Crippen MR) is 63.5 cm³/mol. The van der Waals surface area contributed by atoms with Gasteiger partial charge in [0, 0.05) is 44.8 Å². The summed E-state index contributed by atoms with van der Waals surface area (Å²) in [6.45, 7) is 8.85. The average Bonchev–Trinajstić information content (AvgIpc) is 2.25. The number of hydrogen-bond acceptors (Lipinski definition) is 5. The van der Waals surface area contributed by atoms with Crippen molar-refractivity contribution in [1.29, 1.82) is 0 Å². The topological polar surface area (TPSA) is 79.3 Å². The fourth-order valence-corrected chi connectivity index (χ4v) is 2.12. The molecule has 0 aromatic heterocycles. The molecule has 1 fully saturated rings. The van der Waals surface area contributed by atoms with Gasteiger partial charge in [0.05, 0.1) is 6.17 Å². The van der Waals surface area contributed by atoms with Crippen LogP contribution >= 0.6 is 0 Å². The van der Waals surface area contributed by atoms with Crippen molar-refractivity contribution >= 4 is 0 Å². The highest BCUT2D eigenvalue weighted by molar-refractivity contribution is 4.87. The van der Waals surface area contributed by atoms with Crippen LogP contribution in [0, 0.1) is 0 Å². The quantitative estimate of drug-likeness (QED) is 0.449. The zero-order valence-corrected chi connectivity index (χ0v) is 9.87. The normalized spacial score (nSPS) is 27.6. The molecule has 5 heteroatoms. The van der Waals surface area contributed by atoms with Crippen LogP contribution in [-0.4, -0.2) is 55.9 Å². The van der Waals surface area contributed by atoms with Gasteiger partial charge in [0.1, 0.15) is 0 Å². The molecule has 15 heavy (non-hydrogen) atoms. The summed E-state index contributed by atoms with van der Waals surface area (Å²) >= 11 is 0. The van der Waals surface area contributed by atoms with Crippen molar-refractivity contribution in [2.24, 2.45) is 11.5 Å². The van der Waals surface area contributed by atoms with Gasteiger partial charge >= 0.3 is 0 Å². The molecule has 0 bridgehead atoms. The molecular weight excluding hydrogens is 190 g/mol. The minimum atomic E-state index is 0.194. The van der Waals surface area contributed by atoms with Crippen LogP contribution in [0.5, 0.6) is 0 Å². The molecular formula is C10H25N5. The summed E-state index contributed by atoms with van der Waals surface area (Å²) in [6.07, 6.45) is 0.353. The second kappa shape index (κ2) is 6.40. The van der Waals surface area contributed by atoms with Crippen molar-refractivity contribution < 1.29 is 0 Å². The summed E-state index contributed by atoms with van der Waals surface area (Å²) in [5.41, 5.74) is 11.5. The summed E-state index contributed by atoms with van der Waals surface area (Å²) in [7, 11) is 0. The third kappa shape index (κ3) is 3.70. The zero-order chi connectivity index (χ0) is 11.3. The molecule has 1 saturated heterocycles. The number of nitrogens with zero attached hydrogens (tertiary/aromatic N) is 1. The molecule has 5 nitrogen and oxygen atoms in total. The first kappa shape index (κ1) is 12.9. The predicted octanol–water partition coefficient (Wildman–Crippen LogP) is -1.50. The smallest absolute Gasteiger partial charge is 0.0572 e. The third-order valence-corrected chi connectivity index (χ3v) is 3.01. The molecule has 3 atom stereocenters. The van der Waals surface area contributed by atoms with Gasteiger partial charge in [0.15, 0.2) is 0 Å². The Morgan fingerprint density at radius 1 is 1.53 bits per heavy atom. The summed E-state index contributed by atoms with van der Waals surface area (Å²) < 4.78 is 0. The fourth-order valence-electron chi connectivity index (χ4n) is 2.12. The number of piperazine rings is 1. The largest absolute Gasteiger partial charge is 0.329 e. The molecule has 1 aliphatic rings. The van der Waals surface area contributed by atoms with Gasteiger partial charge in [-0.2, -0.15) is 0 Å². The molecule has 90 valence electrons. The Labute approximate surface area is 92.6 Å². The SMILES string of the molecule is CC(N)C1CNCCN1C(C)NCCN. The van der Waals surface area contributed by atoms with E-state index in [9.17, 15) is 0 Å². The maximum atomic E-state index is 5.99. The Kier molecular flexibility index (Phi) is 5.49. The Balaban J connectivity index is 2.47. The van der Waals surface area contributed by atoms with Crippen molar-refractivity contribution in [2.45, 2.75) is 32.1 Å². The van der Waals surface area contributed by atoms with Gasteiger partial charge in [-0.05, 0) is 13.8 Å². The number of rotatable bonds is 5. The number of nitrogens with one attached hydrogen (secondary N) is 2. The second-order valence-corrected chi connectivity index (χ2v) is 4.29. The minimum Gasteiger partial charge on any atom is -0.329 e. The van der Waals surface area contributed by atoms with Gasteiger partial charge in [0.25, 0.3) is 0 Å². The average molecular weight is 215 g/mol. The van der Waals surface area contributed by atoms with Crippen molar-refractivity contribution in [3.05, 3.63) is 0 Å². The van der Waals surface area contributed by atoms with Crippen LogP contribution in [0.1, 0.15) is 13.8 Å². The summed E-state index contributed by atoms with van der Waals surface area (Å²) in [6, 6.07) is 0.610. The number of nitrogens with two attached hydrogens (primary N) is 2. The van der Waals surface area contributed by atoms with E-state index < -0.39 is 0 Å². The maximum absolute atomic E-state index is 5.99. The van der Waals surface area contributed by atoms with Gasteiger partial charge in [0.2, 0.25) is 0 Å². The summed E-state index contributed by atoms with van der Waals surface area (Å²) in [5.74, 6) is 0. The molecule has 1 rings (SSSR count). The van der Waals surface area contributed by atoms with Crippen molar-refractivity contribution in [3.8, 4) is 0 Å². The molecule has 3 unspecified atom stereocenters. The van der Waals surface area contributed by atoms with Crippen molar-refractivity contribution in [1.82, 2.24) is 15.5 Å². The molecule has 1 heterocycles. The van der Waals surface area contributed by atoms with E-state index >= 15 is 0 Å². The monoisotopic (exact) mass is 215 g/mol. The van der Waals surface area contributed by atoms with E-state index in [1.54, 1.807) is 0 Å². The Bertz CT molecular complexity index is 173. The molecule has 0 radical (unpaired) electrons. The molecule has 1 aliphatic heterocycles. The van der Waals surface area contributed by atoms with E-state index in [4.69, 9.17) is 11.5 Å². The zero-order valence-electron chi connectivity index (χ0n) is 9.87. The Hall–Kier alpha value is -0.200. The highest BCUT2D eigenvalue weighted by Crippen LogP contribution is 2.09. The van der Waals surface area contributed by atoms with Crippen LogP contribution in [0.4, 0.5) is 0 Å². The highest BCUT2D eigenvalue weighted by Gasteiger charge is 2.28. The van der Waals surface area contributed by atoms with Gasteiger partial charge in [-0.15, -0.1) is 0 Å². The third-order valence-electron chi connectivity index (χ3n) is 3.01. The van der Waals surface area contributed by atoms with Crippen LogP contribution < -0.4 is 22.1 Å². The first-order valence-corrected chi connectivity index (χ1v) is 5.82. The van der Waals surface area contributed by atoms with Gasteiger partial charge in [-0.1, -0.05) is 0 Å². The summed E-state index contributed by atoms with van der Waals surface area (Å²) in [5, 5.41) is 6.79. The van der Waals surface area contributed by atoms with Crippen molar-refractivity contribution in [3.63, 3.8) is 0 Å². The van der Waals surface area contributed by atoms with Crippen LogP contribution in [0.15, 0.2) is 0 Å². The summed E-state index contributed by atoms with van der Waals surface area (Å²) in [4.78, 5) is 2.43. The van der Waals surface area contributed by atoms with E-state index in [0.717, 1.165) is 26.2 Å². The molecule has 0 amide bonds. The lowest BCUT2D eigenvalue weighted by atomic mass is 10.1. The van der Waals surface area contributed by atoms with Crippen LogP contribution in [0.25, 0.3) is 0 Å². The standard InChI is InChI=1S/C10H25N5/c1-8(12)10-7-13-5-6-15(10)9(2)14-4-3-11/h8-10,13-14H,3-7,11-12H2,1-2H3. The lowest BCUT2D eigenvalue weighted by molar-refractivity contribution is 0.0837. The van der Waals surface area contributed by atoms with Crippen LogP contribution in [-0.2, 0) is 0 Å². The van der Waals surface area contributed by atoms with Gasteiger partial charge in [-0.25, -0.2) is 0 Å². The van der Waals surface area contributed by atoms with E-state index in [-0.39, 0.29) is 6.04 Å². The van der Waals surface area contributed by atoms with E-state index in [1.807, 2.05) is 0 Å². The second-order valence-electron chi connectivity index (χ2n) is 4.29.